The van der Waals surface area contributed by atoms with Gasteiger partial charge in [-0.05, 0) is 35.7 Å². The van der Waals surface area contributed by atoms with Crippen LogP contribution in [0.25, 0.3) is 0 Å². The Morgan fingerprint density at radius 3 is 2.25 bits per heavy atom. The first kappa shape index (κ1) is 21.4. The fourth-order valence-electron chi connectivity index (χ4n) is 2.87. The molecule has 2 N–H and O–H groups in total. The summed E-state index contributed by atoms with van der Waals surface area (Å²) in [4.78, 5) is 27.3. The fourth-order valence-corrected chi connectivity index (χ4v) is 2.87. The highest BCUT2D eigenvalue weighted by Gasteiger charge is 2.29. The fraction of sp³-hybridized carbons (Fsp3) is 0.364. The molecule has 0 radical (unpaired) electrons. The predicted octanol–water partition coefficient (Wildman–Crippen LogP) is 2.47. The number of nitrogens with zero attached hydrogens (tertiary/aromatic N) is 1. The summed E-state index contributed by atoms with van der Waals surface area (Å²) < 4.78 is 5.11. The molecule has 0 fully saturated rings. The van der Waals surface area contributed by atoms with Crippen molar-refractivity contribution in [3.63, 3.8) is 0 Å². The molecule has 0 spiro atoms. The van der Waals surface area contributed by atoms with Crippen LogP contribution < -0.4 is 10.1 Å². The highest BCUT2D eigenvalue weighted by molar-refractivity contribution is 5.97. The number of aliphatic hydroxyl groups is 1. The molecule has 0 bridgehead atoms. The molecule has 0 aliphatic rings. The topological polar surface area (TPSA) is 78.9 Å². The molecular weight excluding hydrogens is 356 g/mol. The highest BCUT2D eigenvalue weighted by atomic mass is 16.5. The Morgan fingerprint density at radius 1 is 1.07 bits per heavy atom. The van der Waals surface area contributed by atoms with Crippen molar-refractivity contribution >= 4 is 11.8 Å². The quantitative estimate of drug-likeness (QED) is 0.696. The number of methoxy groups -OCH3 is 1. The number of rotatable bonds is 9. The minimum Gasteiger partial charge on any atom is -0.497 e. The van der Waals surface area contributed by atoms with Crippen molar-refractivity contribution in [1.29, 1.82) is 0 Å². The van der Waals surface area contributed by atoms with Gasteiger partial charge >= 0.3 is 0 Å². The summed E-state index contributed by atoms with van der Waals surface area (Å²) in [5.74, 6) is 0.0183. The van der Waals surface area contributed by atoms with E-state index in [0.29, 0.717) is 17.9 Å². The molecule has 1 atom stereocenters. The molecule has 6 nitrogen and oxygen atoms in total. The standard InChI is InChI=1S/C22H28N2O4/c1-16(2)20(23-21(26)18-9-11-19(28-3)12-10-18)22(27)24(13-14-25)15-17-7-5-4-6-8-17/h4-12,16,20,25H,13-15H2,1-3H3,(H,23,26). The van der Waals surface area contributed by atoms with E-state index in [9.17, 15) is 14.7 Å². The van der Waals surface area contributed by atoms with Crippen LogP contribution in [0.2, 0.25) is 0 Å². The van der Waals surface area contributed by atoms with Gasteiger partial charge in [0.05, 0.1) is 13.7 Å². The Morgan fingerprint density at radius 2 is 1.71 bits per heavy atom. The first-order valence-electron chi connectivity index (χ1n) is 9.34. The van der Waals surface area contributed by atoms with E-state index in [4.69, 9.17) is 4.74 Å². The lowest BCUT2D eigenvalue weighted by Crippen LogP contribution is -2.51. The average Bonchev–Trinajstić information content (AvgIpc) is 2.71. The van der Waals surface area contributed by atoms with Gasteiger partial charge in [-0.2, -0.15) is 0 Å². The van der Waals surface area contributed by atoms with Crippen LogP contribution in [-0.4, -0.2) is 48.1 Å². The zero-order valence-electron chi connectivity index (χ0n) is 16.6. The molecule has 0 saturated heterocycles. The smallest absolute Gasteiger partial charge is 0.251 e. The van der Waals surface area contributed by atoms with Gasteiger partial charge in [-0.15, -0.1) is 0 Å². The number of amides is 2. The van der Waals surface area contributed by atoms with Crippen molar-refractivity contribution in [2.75, 3.05) is 20.3 Å². The lowest BCUT2D eigenvalue weighted by Gasteiger charge is -2.29. The van der Waals surface area contributed by atoms with Crippen molar-refractivity contribution in [1.82, 2.24) is 10.2 Å². The molecule has 6 heteroatoms. The Hall–Kier alpha value is -2.86. The lowest BCUT2D eigenvalue weighted by molar-refractivity contribution is -0.135. The van der Waals surface area contributed by atoms with Crippen LogP contribution in [0, 0.1) is 5.92 Å². The first-order chi connectivity index (χ1) is 13.5. The summed E-state index contributed by atoms with van der Waals surface area (Å²) >= 11 is 0. The Balaban J connectivity index is 2.14. The van der Waals surface area contributed by atoms with E-state index in [0.717, 1.165) is 5.56 Å². The second kappa shape index (κ2) is 10.5. The summed E-state index contributed by atoms with van der Waals surface area (Å²) in [6, 6.07) is 15.6. The van der Waals surface area contributed by atoms with Crippen LogP contribution in [0.3, 0.4) is 0 Å². The van der Waals surface area contributed by atoms with Gasteiger partial charge in [-0.25, -0.2) is 0 Å². The van der Waals surface area contributed by atoms with E-state index in [2.05, 4.69) is 5.32 Å². The molecule has 0 aliphatic heterocycles. The van der Waals surface area contributed by atoms with Gasteiger partial charge in [0.15, 0.2) is 0 Å². The number of hydrogen-bond acceptors (Lipinski definition) is 4. The van der Waals surface area contributed by atoms with Crippen molar-refractivity contribution < 1.29 is 19.4 Å². The summed E-state index contributed by atoms with van der Waals surface area (Å²) in [5.41, 5.74) is 1.42. The van der Waals surface area contributed by atoms with Crippen LogP contribution in [0.15, 0.2) is 54.6 Å². The number of nitrogens with one attached hydrogen (secondary N) is 1. The summed E-state index contributed by atoms with van der Waals surface area (Å²) in [5, 5.41) is 12.2. The second-order valence-electron chi connectivity index (χ2n) is 6.89. The minimum absolute atomic E-state index is 0.105. The van der Waals surface area contributed by atoms with Gasteiger partial charge in [0.2, 0.25) is 5.91 Å². The third-order valence-corrected chi connectivity index (χ3v) is 4.47. The number of benzene rings is 2. The number of aliphatic hydroxyl groups excluding tert-OH is 1. The largest absolute Gasteiger partial charge is 0.497 e. The Bertz CT molecular complexity index is 760. The maximum absolute atomic E-state index is 13.1. The molecule has 0 aliphatic carbocycles. The number of carbonyl (C=O) groups is 2. The molecule has 2 amide bonds. The van der Waals surface area contributed by atoms with Crippen molar-refractivity contribution in [2.24, 2.45) is 5.92 Å². The van der Waals surface area contributed by atoms with Gasteiger partial charge < -0.3 is 20.1 Å². The second-order valence-corrected chi connectivity index (χ2v) is 6.89. The van der Waals surface area contributed by atoms with Gasteiger partial charge in [0, 0.05) is 18.7 Å². The lowest BCUT2D eigenvalue weighted by atomic mass is 10.0. The Kier molecular flexibility index (Phi) is 8.02. The minimum atomic E-state index is -0.690. The van der Waals surface area contributed by atoms with Crippen LogP contribution in [-0.2, 0) is 11.3 Å². The highest BCUT2D eigenvalue weighted by Crippen LogP contribution is 2.14. The van der Waals surface area contributed by atoms with E-state index in [1.165, 1.54) is 0 Å². The van der Waals surface area contributed by atoms with Crippen LogP contribution >= 0.6 is 0 Å². The Labute approximate surface area is 166 Å². The van der Waals surface area contributed by atoms with E-state index < -0.39 is 6.04 Å². The van der Waals surface area contributed by atoms with E-state index in [-0.39, 0.29) is 30.9 Å². The summed E-state index contributed by atoms with van der Waals surface area (Å²) in [6.07, 6.45) is 0. The molecule has 2 rings (SSSR count). The molecular formula is C22H28N2O4. The molecule has 1 unspecified atom stereocenters. The predicted molar refractivity (Wildman–Crippen MR) is 108 cm³/mol. The van der Waals surface area contributed by atoms with Crippen LogP contribution in [0.5, 0.6) is 5.75 Å². The SMILES string of the molecule is COc1ccc(C(=O)NC(C(=O)N(CCO)Cc2ccccc2)C(C)C)cc1. The number of carbonyl (C=O) groups excluding carboxylic acids is 2. The normalized spacial score (nSPS) is 11.8. The molecule has 0 saturated carbocycles. The van der Waals surface area contributed by atoms with Crippen molar-refractivity contribution in [3.05, 3.63) is 65.7 Å². The summed E-state index contributed by atoms with van der Waals surface area (Å²) in [6.45, 7) is 4.21. The summed E-state index contributed by atoms with van der Waals surface area (Å²) in [7, 11) is 1.56. The maximum Gasteiger partial charge on any atom is 0.251 e. The van der Waals surface area contributed by atoms with Crippen LogP contribution in [0.1, 0.15) is 29.8 Å². The van der Waals surface area contributed by atoms with Gasteiger partial charge in [0.25, 0.3) is 5.91 Å². The molecule has 0 aromatic heterocycles. The molecule has 150 valence electrons. The molecule has 0 heterocycles. The van der Waals surface area contributed by atoms with Crippen molar-refractivity contribution in [3.8, 4) is 5.75 Å². The van der Waals surface area contributed by atoms with E-state index in [1.807, 2.05) is 44.2 Å². The number of ether oxygens (including phenoxy) is 1. The van der Waals surface area contributed by atoms with Crippen molar-refractivity contribution in [2.45, 2.75) is 26.4 Å². The monoisotopic (exact) mass is 384 g/mol. The van der Waals surface area contributed by atoms with Gasteiger partial charge in [0.1, 0.15) is 11.8 Å². The maximum atomic E-state index is 13.1. The van der Waals surface area contributed by atoms with Gasteiger partial charge in [-0.3, -0.25) is 9.59 Å². The zero-order chi connectivity index (χ0) is 20.5. The third-order valence-electron chi connectivity index (χ3n) is 4.47. The van der Waals surface area contributed by atoms with E-state index in [1.54, 1.807) is 36.3 Å². The molecule has 2 aromatic rings. The van der Waals surface area contributed by atoms with Gasteiger partial charge in [-0.1, -0.05) is 44.2 Å². The molecule has 2 aromatic carbocycles. The third kappa shape index (κ3) is 5.82. The zero-order valence-corrected chi connectivity index (χ0v) is 16.6. The van der Waals surface area contributed by atoms with Crippen LogP contribution in [0.4, 0.5) is 0 Å². The first-order valence-corrected chi connectivity index (χ1v) is 9.34. The molecule has 28 heavy (non-hydrogen) atoms. The number of hydrogen-bond donors (Lipinski definition) is 2. The van der Waals surface area contributed by atoms with E-state index >= 15 is 0 Å². The average molecular weight is 384 g/mol.